The van der Waals surface area contributed by atoms with Crippen LogP contribution in [0.3, 0.4) is 0 Å². The van der Waals surface area contributed by atoms with Crippen LogP contribution in [0.1, 0.15) is 20.3 Å². The third kappa shape index (κ3) is 24.5. The monoisotopic (exact) mass is 192 g/mol. The molecule has 0 aliphatic rings. The average molecular weight is 192 g/mol. The summed E-state index contributed by atoms with van der Waals surface area (Å²) in [4.78, 5) is 0. The van der Waals surface area contributed by atoms with Crippen LogP contribution >= 0.6 is 0 Å². The van der Waals surface area contributed by atoms with E-state index in [2.05, 4.69) is 35.0 Å². The summed E-state index contributed by atoms with van der Waals surface area (Å²) in [6, 6.07) is 0. The number of hydrogen-bond donors (Lipinski definition) is 2. The second-order valence-corrected chi connectivity index (χ2v) is 4.64. The van der Waals surface area contributed by atoms with Crippen LogP contribution in [0.4, 0.5) is 0 Å². The van der Waals surface area contributed by atoms with Gasteiger partial charge in [0.2, 0.25) is 0 Å². The van der Waals surface area contributed by atoms with Crippen molar-refractivity contribution in [3.8, 4) is 0 Å². The Morgan fingerprint density at radius 1 is 1.00 bits per heavy atom. The standard InChI is InChI=1S/C5H14NO.C5H12O/c1-6(2,3)4-5-7;1-5(2)3-4-6/h7H,4-5H2,1-3H3;5-6H,3-4H2,1-2H3/q+1;. The van der Waals surface area contributed by atoms with Crippen LogP contribution in [-0.2, 0) is 0 Å². The fraction of sp³-hybridized carbons (Fsp3) is 1.00. The molecular formula is C10H26NO2+. The van der Waals surface area contributed by atoms with E-state index in [1.165, 1.54) is 0 Å². The van der Waals surface area contributed by atoms with Crippen molar-refractivity contribution in [2.45, 2.75) is 20.3 Å². The van der Waals surface area contributed by atoms with Crippen molar-refractivity contribution in [1.82, 2.24) is 0 Å². The Labute approximate surface area is 82.6 Å². The molecule has 0 amide bonds. The lowest BCUT2D eigenvalue weighted by Crippen LogP contribution is -2.36. The van der Waals surface area contributed by atoms with Crippen molar-refractivity contribution in [3.05, 3.63) is 0 Å². The van der Waals surface area contributed by atoms with Crippen molar-refractivity contribution < 1.29 is 14.7 Å². The first-order valence-electron chi connectivity index (χ1n) is 4.85. The van der Waals surface area contributed by atoms with Gasteiger partial charge in [-0.15, -0.1) is 0 Å². The number of quaternary nitrogens is 1. The lowest BCUT2D eigenvalue weighted by molar-refractivity contribution is -0.870. The maximum Gasteiger partial charge on any atom is 0.101 e. The first kappa shape index (κ1) is 15.4. The quantitative estimate of drug-likeness (QED) is 0.644. The van der Waals surface area contributed by atoms with E-state index in [1.807, 2.05) is 0 Å². The molecule has 0 heterocycles. The number of aliphatic hydroxyl groups excluding tert-OH is 2. The molecule has 0 saturated heterocycles. The third-order valence-electron chi connectivity index (χ3n) is 1.48. The molecule has 3 nitrogen and oxygen atoms in total. The molecule has 3 heteroatoms. The molecule has 0 radical (unpaired) electrons. The Morgan fingerprint density at radius 3 is 1.46 bits per heavy atom. The molecule has 0 aliphatic carbocycles. The summed E-state index contributed by atoms with van der Waals surface area (Å²) >= 11 is 0. The van der Waals surface area contributed by atoms with Crippen LogP contribution in [0.2, 0.25) is 0 Å². The minimum absolute atomic E-state index is 0.281. The van der Waals surface area contributed by atoms with E-state index < -0.39 is 0 Å². The molecule has 0 fully saturated rings. The average Bonchev–Trinajstić information content (AvgIpc) is 1.84. The van der Waals surface area contributed by atoms with Crippen LogP contribution in [0.5, 0.6) is 0 Å². The molecule has 2 N–H and O–H groups in total. The van der Waals surface area contributed by atoms with Crippen LogP contribution in [0, 0.1) is 5.92 Å². The zero-order chi connectivity index (χ0) is 10.9. The Hall–Kier alpha value is -0.120. The van der Waals surface area contributed by atoms with E-state index in [-0.39, 0.29) is 6.61 Å². The summed E-state index contributed by atoms with van der Waals surface area (Å²) < 4.78 is 0.844. The van der Waals surface area contributed by atoms with Gasteiger partial charge in [-0.3, -0.25) is 0 Å². The summed E-state index contributed by atoms with van der Waals surface area (Å²) in [5, 5.41) is 16.6. The van der Waals surface area contributed by atoms with Gasteiger partial charge in [-0.05, 0) is 12.3 Å². The summed E-state index contributed by atoms with van der Waals surface area (Å²) in [7, 11) is 6.16. The summed E-state index contributed by atoms with van der Waals surface area (Å²) in [6.45, 7) is 5.63. The van der Waals surface area contributed by atoms with E-state index in [4.69, 9.17) is 10.2 Å². The fourth-order valence-corrected chi connectivity index (χ4v) is 0.558. The van der Waals surface area contributed by atoms with Gasteiger partial charge >= 0.3 is 0 Å². The minimum Gasteiger partial charge on any atom is -0.396 e. The largest absolute Gasteiger partial charge is 0.396 e. The second kappa shape index (κ2) is 8.48. The van der Waals surface area contributed by atoms with Gasteiger partial charge in [0.15, 0.2) is 0 Å². The Kier molecular flexibility index (Phi) is 10.0. The number of likely N-dealkylation sites (N-methyl/N-ethyl adjacent to an activating group) is 1. The van der Waals surface area contributed by atoms with Crippen LogP contribution in [-0.4, -0.2) is 55.6 Å². The summed E-state index contributed by atoms with van der Waals surface area (Å²) in [6.07, 6.45) is 0.931. The minimum atomic E-state index is 0.281. The topological polar surface area (TPSA) is 40.5 Å². The molecule has 0 atom stereocenters. The highest BCUT2D eigenvalue weighted by atomic mass is 16.3. The van der Waals surface area contributed by atoms with Crippen LogP contribution in [0.25, 0.3) is 0 Å². The highest BCUT2D eigenvalue weighted by Crippen LogP contribution is 1.94. The SMILES string of the molecule is CC(C)CCO.C[N+](C)(C)CCO. The molecule has 0 aromatic heterocycles. The third-order valence-corrected chi connectivity index (χ3v) is 1.48. The molecule has 0 saturated carbocycles. The Bertz CT molecular complexity index is 97.6. The number of hydrogen-bond acceptors (Lipinski definition) is 2. The number of nitrogens with zero attached hydrogens (tertiary/aromatic N) is 1. The van der Waals surface area contributed by atoms with Gasteiger partial charge < -0.3 is 14.7 Å². The molecule has 0 spiro atoms. The van der Waals surface area contributed by atoms with Gasteiger partial charge in [0.05, 0.1) is 27.7 Å². The molecule has 0 unspecified atom stereocenters. The second-order valence-electron chi connectivity index (χ2n) is 4.64. The molecule has 0 bridgehead atoms. The summed E-state index contributed by atoms with van der Waals surface area (Å²) in [5.41, 5.74) is 0. The molecular weight excluding hydrogens is 166 g/mol. The Morgan fingerprint density at radius 2 is 1.46 bits per heavy atom. The number of aliphatic hydroxyl groups is 2. The molecule has 82 valence electrons. The predicted molar refractivity (Wildman–Crippen MR) is 56.5 cm³/mol. The van der Waals surface area contributed by atoms with E-state index in [1.54, 1.807) is 0 Å². The number of rotatable bonds is 4. The first-order valence-corrected chi connectivity index (χ1v) is 4.85. The summed E-state index contributed by atoms with van der Waals surface area (Å²) in [5.74, 6) is 0.648. The van der Waals surface area contributed by atoms with Gasteiger partial charge in [0.25, 0.3) is 0 Å². The van der Waals surface area contributed by atoms with Crippen molar-refractivity contribution in [2.75, 3.05) is 40.9 Å². The lowest BCUT2D eigenvalue weighted by Gasteiger charge is -2.21. The van der Waals surface area contributed by atoms with Gasteiger partial charge in [-0.1, -0.05) is 13.8 Å². The zero-order valence-electron chi connectivity index (χ0n) is 9.75. The van der Waals surface area contributed by atoms with Crippen molar-refractivity contribution in [2.24, 2.45) is 5.92 Å². The maximum atomic E-state index is 8.39. The molecule has 0 aromatic carbocycles. The van der Waals surface area contributed by atoms with Crippen molar-refractivity contribution >= 4 is 0 Å². The van der Waals surface area contributed by atoms with E-state index in [0.29, 0.717) is 12.5 Å². The van der Waals surface area contributed by atoms with Gasteiger partial charge in [-0.2, -0.15) is 0 Å². The van der Waals surface area contributed by atoms with E-state index in [9.17, 15) is 0 Å². The molecule has 0 aromatic rings. The van der Waals surface area contributed by atoms with Crippen LogP contribution in [0.15, 0.2) is 0 Å². The smallest absolute Gasteiger partial charge is 0.101 e. The highest BCUT2D eigenvalue weighted by Gasteiger charge is 2.02. The van der Waals surface area contributed by atoms with Crippen molar-refractivity contribution in [1.29, 1.82) is 0 Å². The molecule has 0 rings (SSSR count). The van der Waals surface area contributed by atoms with Gasteiger partial charge in [0.1, 0.15) is 6.54 Å². The highest BCUT2D eigenvalue weighted by molar-refractivity contribution is 4.38. The van der Waals surface area contributed by atoms with Crippen molar-refractivity contribution in [3.63, 3.8) is 0 Å². The van der Waals surface area contributed by atoms with Gasteiger partial charge in [0, 0.05) is 6.61 Å². The van der Waals surface area contributed by atoms with Crippen LogP contribution < -0.4 is 0 Å². The normalized spacial score (nSPS) is 11.1. The van der Waals surface area contributed by atoms with E-state index >= 15 is 0 Å². The lowest BCUT2D eigenvalue weighted by atomic mass is 10.2. The van der Waals surface area contributed by atoms with E-state index in [0.717, 1.165) is 17.4 Å². The molecule has 0 aliphatic heterocycles. The zero-order valence-corrected chi connectivity index (χ0v) is 9.75. The Balaban J connectivity index is 0. The fourth-order valence-electron chi connectivity index (χ4n) is 0.558. The molecule has 13 heavy (non-hydrogen) atoms. The van der Waals surface area contributed by atoms with Gasteiger partial charge in [-0.25, -0.2) is 0 Å². The first-order chi connectivity index (χ1) is 5.83. The predicted octanol–water partition coefficient (Wildman–Crippen LogP) is 0.710. The maximum absolute atomic E-state index is 8.39.